The largest absolute Gasteiger partial charge is 0.465 e. The van der Waals surface area contributed by atoms with Gasteiger partial charge in [0, 0.05) is 34.2 Å². The van der Waals surface area contributed by atoms with Crippen molar-refractivity contribution in [3.8, 4) is 0 Å². The third kappa shape index (κ3) is 15.3. The average molecular weight is 609 g/mol. The van der Waals surface area contributed by atoms with E-state index in [0.29, 0.717) is 34.0 Å². The number of rotatable bonds is 4. The third-order valence-corrected chi connectivity index (χ3v) is 9.80. The Balaban J connectivity index is 0.000000247. The molecule has 2 saturated carbocycles. The first-order valence-electron chi connectivity index (χ1n) is 17.2. The van der Waals surface area contributed by atoms with E-state index in [4.69, 9.17) is 10.2 Å². The lowest BCUT2D eigenvalue weighted by atomic mass is 9.76. The maximum absolute atomic E-state index is 10.6. The first-order valence-corrected chi connectivity index (χ1v) is 17.2. The van der Waals surface area contributed by atoms with Crippen LogP contribution >= 0.6 is 0 Å². The standard InChI is InChI=1S/C15H26N2O4.2C10H21N/c18-14(19)16-12-5-1-10(2-6-12)9-11-3-7-13(8-4-11)17-15(20)21;2*1-8-6-9(2,3)11-10(4,5)7-8/h10-13,16-17H,1-9H2,(H,18,19)(H,20,21);2*8,11H,6-7H2,1-5H3. The molecule has 2 saturated heterocycles. The molecule has 0 unspecified atom stereocenters. The van der Waals surface area contributed by atoms with Gasteiger partial charge >= 0.3 is 12.2 Å². The van der Waals surface area contributed by atoms with E-state index in [1.807, 2.05) is 0 Å². The topological polar surface area (TPSA) is 123 Å². The zero-order valence-electron chi connectivity index (χ0n) is 29.4. The lowest BCUT2D eigenvalue weighted by Gasteiger charge is -2.45. The molecule has 4 rings (SSSR count). The molecule has 2 aliphatic carbocycles. The summed E-state index contributed by atoms with van der Waals surface area (Å²) in [6.45, 7) is 23.1. The predicted octanol–water partition coefficient (Wildman–Crippen LogP) is 8.16. The van der Waals surface area contributed by atoms with Crippen LogP contribution in [0.2, 0.25) is 0 Å². The van der Waals surface area contributed by atoms with Crippen LogP contribution in [0.5, 0.6) is 0 Å². The van der Waals surface area contributed by atoms with Crippen molar-refractivity contribution in [2.75, 3.05) is 0 Å². The van der Waals surface area contributed by atoms with Gasteiger partial charge in [0.05, 0.1) is 0 Å². The van der Waals surface area contributed by atoms with Gasteiger partial charge in [-0.2, -0.15) is 0 Å². The Morgan fingerprint density at radius 3 is 1.02 bits per heavy atom. The zero-order valence-corrected chi connectivity index (χ0v) is 29.4. The lowest BCUT2D eigenvalue weighted by molar-refractivity contribution is 0.137. The number of hydrogen-bond donors (Lipinski definition) is 6. The van der Waals surface area contributed by atoms with Gasteiger partial charge < -0.3 is 31.5 Å². The lowest BCUT2D eigenvalue weighted by Crippen LogP contribution is -2.57. The normalized spacial score (nSPS) is 31.7. The number of hydrogen-bond acceptors (Lipinski definition) is 4. The first-order chi connectivity index (χ1) is 19.6. The van der Waals surface area contributed by atoms with Crippen LogP contribution in [0.3, 0.4) is 0 Å². The summed E-state index contributed by atoms with van der Waals surface area (Å²) in [7, 11) is 0. The summed E-state index contributed by atoms with van der Waals surface area (Å²) < 4.78 is 0. The molecule has 43 heavy (non-hydrogen) atoms. The molecule has 4 fully saturated rings. The molecule has 252 valence electrons. The van der Waals surface area contributed by atoms with Crippen LogP contribution in [-0.4, -0.2) is 56.6 Å². The van der Waals surface area contributed by atoms with Crippen molar-refractivity contribution >= 4 is 12.2 Å². The van der Waals surface area contributed by atoms with Crippen molar-refractivity contribution in [3.05, 3.63) is 0 Å². The molecule has 0 aromatic rings. The van der Waals surface area contributed by atoms with Crippen molar-refractivity contribution in [3.63, 3.8) is 0 Å². The van der Waals surface area contributed by atoms with E-state index in [-0.39, 0.29) is 12.1 Å². The van der Waals surface area contributed by atoms with Gasteiger partial charge in [-0.05, 0) is 163 Å². The summed E-state index contributed by atoms with van der Waals surface area (Å²) in [6, 6.07) is 0.267. The van der Waals surface area contributed by atoms with Crippen LogP contribution in [0, 0.1) is 23.7 Å². The highest BCUT2D eigenvalue weighted by Gasteiger charge is 2.36. The Morgan fingerprint density at radius 2 is 0.814 bits per heavy atom. The molecule has 0 radical (unpaired) electrons. The summed E-state index contributed by atoms with van der Waals surface area (Å²) in [5.41, 5.74) is 1.34. The van der Waals surface area contributed by atoms with E-state index in [9.17, 15) is 9.59 Å². The van der Waals surface area contributed by atoms with Crippen LogP contribution < -0.4 is 21.3 Å². The summed E-state index contributed by atoms with van der Waals surface area (Å²) in [4.78, 5) is 21.2. The maximum Gasteiger partial charge on any atom is 0.404 e. The molecule has 0 atom stereocenters. The zero-order chi connectivity index (χ0) is 32.6. The molecule has 8 nitrogen and oxygen atoms in total. The Morgan fingerprint density at radius 1 is 0.558 bits per heavy atom. The number of carboxylic acid groups (broad SMARTS) is 2. The molecule has 0 bridgehead atoms. The number of nitrogens with one attached hydrogen (secondary N) is 4. The maximum atomic E-state index is 10.6. The van der Waals surface area contributed by atoms with Gasteiger partial charge in [-0.15, -0.1) is 0 Å². The second kappa shape index (κ2) is 15.6. The Labute approximate surface area is 263 Å². The minimum atomic E-state index is -0.914. The van der Waals surface area contributed by atoms with Crippen molar-refractivity contribution in [2.24, 2.45) is 23.7 Å². The molecule has 0 aromatic heterocycles. The van der Waals surface area contributed by atoms with Crippen molar-refractivity contribution in [1.82, 2.24) is 21.3 Å². The number of amides is 2. The van der Waals surface area contributed by atoms with Gasteiger partial charge in [0.1, 0.15) is 0 Å². The minimum Gasteiger partial charge on any atom is -0.465 e. The van der Waals surface area contributed by atoms with Gasteiger partial charge in [-0.3, -0.25) is 0 Å². The SMILES string of the molecule is CC1CC(C)(C)NC(C)(C)C1.CC1CC(C)(C)NC(C)(C)C1.O=C(O)NC1CCC(CC2CCC(NC(=O)O)CC2)CC1. The number of piperidine rings is 2. The Kier molecular flexibility index (Phi) is 13.7. The van der Waals surface area contributed by atoms with Crippen LogP contribution in [-0.2, 0) is 0 Å². The van der Waals surface area contributed by atoms with E-state index < -0.39 is 12.2 Å². The molecular weight excluding hydrogens is 540 g/mol. The molecule has 2 amide bonds. The third-order valence-electron chi connectivity index (χ3n) is 9.80. The molecule has 8 heteroatoms. The molecule has 0 aromatic carbocycles. The fraction of sp³-hybridized carbons (Fsp3) is 0.943. The fourth-order valence-corrected chi connectivity index (χ4v) is 9.57. The highest BCUT2D eigenvalue weighted by Crippen LogP contribution is 2.36. The van der Waals surface area contributed by atoms with E-state index in [1.54, 1.807) is 0 Å². The summed E-state index contributed by atoms with van der Waals surface area (Å²) in [5.74, 6) is 3.15. The monoisotopic (exact) mass is 609 g/mol. The molecule has 4 aliphatic rings. The van der Waals surface area contributed by atoms with Gasteiger partial charge in [0.25, 0.3) is 0 Å². The van der Waals surface area contributed by atoms with Crippen molar-refractivity contribution in [2.45, 2.75) is 187 Å². The highest BCUT2D eigenvalue weighted by molar-refractivity contribution is 5.65. The Bertz CT molecular complexity index is 769. The highest BCUT2D eigenvalue weighted by atomic mass is 16.4. The van der Waals surface area contributed by atoms with Crippen molar-refractivity contribution < 1.29 is 19.8 Å². The fourth-order valence-electron chi connectivity index (χ4n) is 9.57. The Hall–Kier alpha value is -1.54. The van der Waals surface area contributed by atoms with Gasteiger partial charge in [-0.1, -0.05) is 13.8 Å². The van der Waals surface area contributed by atoms with Crippen LogP contribution in [0.4, 0.5) is 9.59 Å². The van der Waals surface area contributed by atoms with E-state index in [2.05, 4.69) is 90.5 Å². The first kappa shape index (κ1) is 37.6. The quantitative estimate of drug-likeness (QED) is 0.191. The van der Waals surface area contributed by atoms with Crippen molar-refractivity contribution in [1.29, 1.82) is 0 Å². The molecule has 2 heterocycles. The van der Waals surface area contributed by atoms with E-state index in [1.165, 1.54) is 32.1 Å². The van der Waals surface area contributed by atoms with Crippen LogP contribution in [0.1, 0.15) is 153 Å². The van der Waals surface area contributed by atoms with Crippen LogP contribution in [0.25, 0.3) is 0 Å². The molecule has 0 spiro atoms. The molecular formula is C35H68N4O4. The van der Waals surface area contributed by atoms with E-state index >= 15 is 0 Å². The minimum absolute atomic E-state index is 0.134. The van der Waals surface area contributed by atoms with Gasteiger partial charge in [0.2, 0.25) is 0 Å². The average Bonchev–Trinajstić information content (AvgIpc) is 2.77. The summed E-state index contributed by atoms with van der Waals surface area (Å²) >= 11 is 0. The van der Waals surface area contributed by atoms with Crippen LogP contribution in [0.15, 0.2) is 0 Å². The van der Waals surface area contributed by atoms with Gasteiger partial charge in [-0.25, -0.2) is 9.59 Å². The van der Waals surface area contributed by atoms with Gasteiger partial charge in [0.15, 0.2) is 0 Å². The smallest absolute Gasteiger partial charge is 0.404 e. The molecule has 2 aliphatic heterocycles. The predicted molar refractivity (Wildman–Crippen MR) is 178 cm³/mol. The molecule has 6 N–H and O–H groups in total. The van der Waals surface area contributed by atoms with E-state index in [0.717, 1.165) is 63.2 Å². The second-order valence-corrected chi connectivity index (χ2v) is 17.4. The summed E-state index contributed by atoms with van der Waals surface area (Å²) in [6.07, 6.45) is 12.8. The number of carbonyl (C=O) groups is 2. The second-order valence-electron chi connectivity index (χ2n) is 17.4. The summed E-state index contributed by atoms with van der Waals surface area (Å²) in [5, 5.41) is 29.9.